The van der Waals surface area contributed by atoms with E-state index in [1.54, 1.807) is 0 Å². The van der Waals surface area contributed by atoms with E-state index in [4.69, 9.17) is 4.74 Å². The highest BCUT2D eigenvalue weighted by Crippen LogP contribution is 2.09. The van der Waals surface area contributed by atoms with Crippen LogP contribution in [-0.4, -0.2) is 49.8 Å². The molecule has 3 heteroatoms. The molecule has 1 aliphatic heterocycles. The van der Waals surface area contributed by atoms with Crippen molar-refractivity contribution < 1.29 is 4.74 Å². The van der Waals surface area contributed by atoms with Crippen LogP contribution >= 0.6 is 0 Å². The molecule has 2 atom stereocenters. The zero-order valence-corrected chi connectivity index (χ0v) is 11.9. The molecule has 1 N–H and O–H groups in total. The molecule has 0 spiro atoms. The van der Waals surface area contributed by atoms with Gasteiger partial charge in [0.15, 0.2) is 0 Å². The number of ether oxygens (including phenoxy) is 1. The fraction of sp³-hybridized carbons (Fsp3) is 1.00. The molecule has 0 amide bonds. The molecule has 1 aliphatic rings. The average molecular weight is 242 g/mol. The van der Waals surface area contributed by atoms with E-state index < -0.39 is 0 Å². The molecule has 1 fully saturated rings. The highest BCUT2D eigenvalue weighted by molar-refractivity contribution is 4.72. The van der Waals surface area contributed by atoms with E-state index in [2.05, 4.69) is 31.0 Å². The Morgan fingerprint density at radius 3 is 2.88 bits per heavy atom. The normalized spacial score (nSPS) is 23.8. The molecule has 17 heavy (non-hydrogen) atoms. The molecule has 0 saturated carbocycles. The minimum atomic E-state index is 0.604. The van der Waals surface area contributed by atoms with Gasteiger partial charge in [-0.2, -0.15) is 0 Å². The van der Waals surface area contributed by atoms with Crippen LogP contribution in [0.5, 0.6) is 0 Å². The average Bonchev–Trinajstić information content (AvgIpc) is 2.35. The first-order valence-electron chi connectivity index (χ1n) is 7.33. The first-order chi connectivity index (χ1) is 8.27. The largest absolute Gasteiger partial charge is 0.379 e. The van der Waals surface area contributed by atoms with Crippen molar-refractivity contribution in [2.24, 2.45) is 0 Å². The van der Waals surface area contributed by atoms with Gasteiger partial charge in [-0.3, -0.25) is 4.90 Å². The number of hydrogen-bond acceptors (Lipinski definition) is 3. The summed E-state index contributed by atoms with van der Waals surface area (Å²) in [5.74, 6) is 0. The summed E-state index contributed by atoms with van der Waals surface area (Å²) in [6.07, 6.45) is 5.09. The SMILES string of the molecule is CCCNC(CC)CCCN1CCOCC1C. The Morgan fingerprint density at radius 1 is 1.41 bits per heavy atom. The molecule has 1 heterocycles. The van der Waals surface area contributed by atoms with Crippen molar-refractivity contribution in [3.8, 4) is 0 Å². The van der Waals surface area contributed by atoms with Gasteiger partial charge in [0.05, 0.1) is 13.2 Å². The fourth-order valence-corrected chi connectivity index (χ4v) is 2.43. The Labute approximate surface area is 107 Å². The number of hydrogen-bond donors (Lipinski definition) is 1. The number of rotatable bonds is 8. The van der Waals surface area contributed by atoms with Crippen molar-refractivity contribution in [1.82, 2.24) is 10.2 Å². The summed E-state index contributed by atoms with van der Waals surface area (Å²) in [4.78, 5) is 2.57. The Morgan fingerprint density at radius 2 is 2.24 bits per heavy atom. The summed E-state index contributed by atoms with van der Waals surface area (Å²) in [5.41, 5.74) is 0. The maximum Gasteiger partial charge on any atom is 0.0619 e. The van der Waals surface area contributed by atoms with Gasteiger partial charge in [-0.05, 0) is 45.7 Å². The van der Waals surface area contributed by atoms with Gasteiger partial charge >= 0.3 is 0 Å². The second-order valence-corrected chi connectivity index (χ2v) is 5.16. The summed E-state index contributed by atoms with van der Waals surface area (Å²) < 4.78 is 5.46. The van der Waals surface area contributed by atoms with Gasteiger partial charge in [0.1, 0.15) is 0 Å². The van der Waals surface area contributed by atoms with Gasteiger partial charge in [0.25, 0.3) is 0 Å². The minimum Gasteiger partial charge on any atom is -0.379 e. The molecule has 2 unspecified atom stereocenters. The smallest absolute Gasteiger partial charge is 0.0619 e. The van der Waals surface area contributed by atoms with Gasteiger partial charge in [0.2, 0.25) is 0 Å². The van der Waals surface area contributed by atoms with Crippen LogP contribution in [-0.2, 0) is 4.74 Å². The van der Waals surface area contributed by atoms with E-state index in [-0.39, 0.29) is 0 Å². The topological polar surface area (TPSA) is 24.5 Å². The summed E-state index contributed by atoms with van der Waals surface area (Å²) in [7, 11) is 0. The Kier molecular flexibility index (Phi) is 7.82. The lowest BCUT2D eigenvalue weighted by molar-refractivity contribution is -0.00114. The number of nitrogens with one attached hydrogen (secondary N) is 1. The number of morpholine rings is 1. The highest BCUT2D eigenvalue weighted by Gasteiger charge is 2.18. The zero-order valence-electron chi connectivity index (χ0n) is 11.9. The van der Waals surface area contributed by atoms with Crippen molar-refractivity contribution in [2.75, 3.05) is 32.8 Å². The van der Waals surface area contributed by atoms with E-state index >= 15 is 0 Å². The molecule has 0 aromatic rings. The highest BCUT2D eigenvalue weighted by atomic mass is 16.5. The summed E-state index contributed by atoms with van der Waals surface area (Å²) >= 11 is 0. The van der Waals surface area contributed by atoms with E-state index in [0.717, 1.165) is 26.3 Å². The van der Waals surface area contributed by atoms with Crippen molar-refractivity contribution >= 4 is 0 Å². The van der Waals surface area contributed by atoms with Gasteiger partial charge in [-0.1, -0.05) is 13.8 Å². The van der Waals surface area contributed by atoms with E-state index in [9.17, 15) is 0 Å². The van der Waals surface area contributed by atoms with E-state index in [1.165, 1.54) is 32.2 Å². The predicted octanol–water partition coefficient (Wildman–Crippen LogP) is 2.27. The molecule has 0 aromatic heterocycles. The molecular weight excluding hydrogens is 212 g/mol. The van der Waals surface area contributed by atoms with Crippen LogP contribution in [0.15, 0.2) is 0 Å². The molecule has 102 valence electrons. The van der Waals surface area contributed by atoms with Crippen molar-refractivity contribution in [2.45, 2.75) is 58.5 Å². The Bertz CT molecular complexity index is 187. The van der Waals surface area contributed by atoms with Crippen LogP contribution < -0.4 is 5.32 Å². The van der Waals surface area contributed by atoms with Crippen LogP contribution in [0.3, 0.4) is 0 Å². The van der Waals surface area contributed by atoms with Gasteiger partial charge in [0, 0.05) is 18.6 Å². The molecule has 0 aliphatic carbocycles. The van der Waals surface area contributed by atoms with Crippen LogP contribution in [0, 0.1) is 0 Å². The first-order valence-corrected chi connectivity index (χ1v) is 7.33. The lowest BCUT2D eigenvalue weighted by Crippen LogP contribution is -2.44. The van der Waals surface area contributed by atoms with Gasteiger partial charge < -0.3 is 10.1 Å². The van der Waals surface area contributed by atoms with Crippen molar-refractivity contribution in [1.29, 1.82) is 0 Å². The maximum absolute atomic E-state index is 5.46. The number of nitrogens with zero attached hydrogens (tertiary/aromatic N) is 1. The maximum atomic E-state index is 5.46. The quantitative estimate of drug-likeness (QED) is 0.706. The summed E-state index contributed by atoms with van der Waals surface area (Å²) in [6, 6.07) is 1.32. The predicted molar refractivity (Wildman–Crippen MR) is 73.5 cm³/mol. The van der Waals surface area contributed by atoms with Crippen molar-refractivity contribution in [3.63, 3.8) is 0 Å². The second kappa shape index (κ2) is 8.90. The van der Waals surface area contributed by atoms with Crippen LogP contribution in [0.1, 0.15) is 46.5 Å². The third kappa shape index (κ3) is 5.84. The van der Waals surface area contributed by atoms with E-state index in [1.807, 2.05) is 0 Å². The summed E-state index contributed by atoms with van der Waals surface area (Å²) in [5, 5.41) is 3.62. The molecular formula is C14H30N2O. The molecule has 0 bridgehead atoms. The summed E-state index contributed by atoms with van der Waals surface area (Å²) in [6.45, 7) is 12.1. The zero-order chi connectivity index (χ0) is 12.5. The van der Waals surface area contributed by atoms with Gasteiger partial charge in [-0.15, -0.1) is 0 Å². The van der Waals surface area contributed by atoms with E-state index in [0.29, 0.717) is 12.1 Å². The lowest BCUT2D eigenvalue weighted by atomic mass is 10.1. The molecule has 0 radical (unpaired) electrons. The van der Waals surface area contributed by atoms with Crippen LogP contribution in [0.25, 0.3) is 0 Å². The fourth-order valence-electron chi connectivity index (χ4n) is 2.43. The Balaban J connectivity index is 2.12. The first kappa shape index (κ1) is 14.9. The monoisotopic (exact) mass is 242 g/mol. The second-order valence-electron chi connectivity index (χ2n) is 5.16. The molecule has 3 nitrogen and oxygen atoms in total. The minimum absolute atomic E-state index is 0.604. The molecule has 1 rings (SSSR count). The van der Waals surface area contributed by atoms with Crippen molar-refractivity contribution in [3.05, 3.63) is 0 Å². The van der Waals surface area contributed by atoms with Crippen LogP contribution in [0.2, 0.25) is 0 Å². The van der Waals surface area contributed by atoms with Gasteiger partial charge in [-0.25, -0.2) is 0 Å². The molecule has 0 aromatic carbocycles. The Hall–Kier alpha value is -0.120. The molecule has 1 saturated heterocycles. The lowest BCUT2D eigenvalue weighted by Gasteiger charge is -2.33. The van der Waals surface area contributed by atoms with Crippen LogP contribution in [0.4, 0.5) is 0 Å². The third-order valence-corrected chi connectivity index (χ3v) is 3.68. The standard InChI is InChI=1S/C14H30N2O/c1-4-8-15-14(5-2)7-6-9-16-10-11-17-12-13(16)3/h13-15H,4-12H2,1-3H3. The third-order valence-electron chi connectivity index (χ3n) is 3.68.